The van der Waals surface area contributed by atoms with Crippen molar-refractivity contribution in [3.05, 3.63) is 61.9 Å². The Bertz CT molecular complexity index is 609. The first-order valence-electron chi connectivity index (χ1n) is 5.88. The number of rotatable bonds is 2. The minimum absolute atomic E-state index is 0.266. The zero-order valence-corrected chi connectivity index (χ0v) is 9.48. The molecule has 1 aliphatic rings. The molecule has 0 aliphatic carbocycles. The van der Waals surface area contributed by atoms with E-state index in [1.165, 1.54) is 5.56 Å². The molecule has 17 heavy (non-hydrogen) atoms. The van der Waals surface area contributed by atoms with Gasteiger partial charge >= 0.3 is 0 Å². The maximum Gasteiger partial charge on any atom is 0.249 e. The zero-order chi connectivity index (χ0) is 11.8. The molecule has 0 radical (unpaired) electrons. The highest BCUT2D eigenvalue weighted by molar-refractivity contribution is 5.60. The zero-order valence-electron chi connectivity index (χ0n) is 9.48. The average molecular weight is 227 g/mol. The minimum atomic E-state index is -0.296. The van der Waals surface area contributed by atoms with Gasteiger partial charge in [0.05, 0.1) is 5.69 Å². The average Bonchev–Trinajstić information content (AvgIpc) is 2.39. The summed E-state index contributed by atoms with van der Waals surface area (Å²) in [7, 11) is 0. The van der Waals surface area contributed by atoms with Crippen LogP contribution in [0.2, 0.25) is 0 Å². The van der Waals surface area contributed by atoms with Crippen LogP contribution in [0.4, 0.5) is 5.69 Å². The lowest BCUT2D eigenvalue weighted by Gasteiger charge is -2.31. The molecule has 0 saturated carbocycles. The molecule has 0 atom stereocenters. The first-order valence-corrected chi connectivity index (χ1v) is 5.88. The summed E-state index contributed by atoms with van der Waals surface area (Å²) in [6.07, 6.45) is 1.73. The van der Waals surface area contributed by atoms with Crippen molar-refractivity contribution in [2.75, 3.05) is 11.4 Å². The number of anilines is 1. The number of benzene rings is 1. The van der Waals surface area contributed by atoms with E-state index in [1.807, 2.05) is 35.2 Å². The van der Waals surface area contributed by atoms with Crippen LogP contribution in [-0.2, 0) is 13.0 Å². The summed E-state index contributed by atoms with van der Waals surface area (Å²) in [5, 5.41) is 0. The Morgan fingerprint density at radius 2 is 1.82 bits per heavy atom. The Balaban J connectivity index is 1.90. The topological polar surface area (TPSA) is 37.4 Å². The number of fused-ring (bicyclic) bond motifs is 1. The SMILES string of the molecule is O=c1c2c(c1=O)N(Cc1ccccc1)CCC2. The van der Waals surface area contributed by atoms with Crippen molar-refractivity contribution in [2.24, 2.45) is 0 Å². The van der Waals surface area contributed by atoms with Crippen molar-refractivity contribution in [1.29, 1.82) is 0 Å². The lowest BCUT2D eigenvalue weighted by atomic mass is 9.96. The van der Waals surface area contributed by atoms with Crippen LogP contribution in [0.5, 0.6) is 0 Å². The summed E-state index contributed by atoms with van der Waals surface area (Å²) in [5.74, 6) is 0. The van der Waals surface area contributed by atoms with Crippen LogP contribution < -0.4 is 15.8 Å². The Morgan fingerprint density at radius 3 is 2.59 bits per heavy atom. The third-order valence-electron chi connectivity index (χ3n) is 3.37. The fourth-order valence-corrected chi connectivity index (χ4v) is 2.51. The standard InChI is InChI=1S/C14H13NO2/c16-13-11-7-4-8-15(12(11)14(13)17)9-10-5-2-1-3-6-10/h1-3,5-6H,4,7-9H2. The molecule has 0 N–H and O–H groups in total. The molecule has 0 unspecified atom stereocenters. The molecule has 0 bridgehead atoms. The Hall–Kier alpha value is -1.90. The summed E-state index contributed by atoms with van der Waals surface area (Å²) in [6.45, 7) is 1.59. The normalized spacial score (nSPS) is 14.9. The van der Waals surface area contributed by atoms with Crippen molar-refractivity contribution in [2.45, 2.75) is 19.4 Å². The van der Waals surface area contributed by atoms with E-state index in [4.69, 9.17) is 0 Å². The molecule has 0 fully saturated rings. The van der Waals surface area contributed by atoms with Gasteiger partial charge in [0.1, 0.15) is 0 Å². The van der Waals surface area contributed by atoms with E-state index in [9.17, 15) is 9.59 Å². The van der Waals surface area contributed by atoms with Crippen LogP contribution in [0.15, 0.2) is 39.9 Å². The molecule has 0 aromatic heterocycles. The van der Waals surface area contributed by atoms with Gasteiger partial charge in [-0.2, -0.15) is 0 Å². The molecular weight excluding hydrogens is 214 g/mol. The first kappa shape index (κ1) is 10.3. The lowest BCUT2D eigenvalue weighted by molar-refractivity contribution is 0.674. The van der Waals surface area contributed by atoms with Crippen molar-refractivity contribution in [3.8, 4) is 0 Å². The number of hydrogen-bond acceptors (Lipinski definition) is 3. The van der Waals surface area contributed by atoms with Crippen LogP contribution in [0.1, 0.15) is 17.5 Å². The predicted molar refractivity (Wildman–Crippen MR) is 67.2 cm³/mol. The quantitative estimate of drug-likeness (QED) is 0.724. The molecule has 2 aromatic rings. The van der Waals surface area contributed by atoms with Gasteiger partial charge in [0, 0.05) is 18.7 Å². The molecule has 3 nitrogen and oxygen atoms in total. The van der Waals surface area contributed by atoms with Crippen LogP contribution in [-0.4, -0.2) is 6.54 Å². The molecule has 3 rings (SSSR count). The molecule has 0 spiro atoms. The first-order chi connectivity index (χ1) is 8.27. The van der Waals surface area contributed by atoms with Crippen molar-refractivity contribution in [1.82, 2.24) is 0 Å². The third-order valence-corrected chi connectivity index (χ3v) is 3.37. The maximum absolute atomic E-state index is 11.5. The van der Waals surface area contributed by atoms with E-state index in [-0.39, 0.29) is 10.9 Å². The third kappa shape index (κ3) is 1.58. The number of hydrogen-bond donors (Lipinski definition) is 0. The van der Waals surface area contributed by atoms with Crippen LogP contribution >= 0.6 is 0 Å². The van der Waals surface area contributed by atoms with E-state index in [0.717, 1.165) is 31.5 Å². The summed E-state index contributed by atoms with van der Waals surface area (Å²) in [6, 6.07) is 10.0. The largest absolute Gasteiger partial charge is 0.364 e. The molecule has 0 amide bonds. The van der Waals surface area contributed by atoms with Gasteiger partial charge in [0.15, 0.2) is 0 Å². The second-order valence-electron chi connectivity index (χ2n) is 4.50. The van der Waals surface area contributed by atoms with E-state index < -0.39 is 0 Å². The fourth-order valence-electron chi connectivity index (χ4n) is 2.51. The molecule has 1 aliphatic heterocycles. The molecule has 86 valence electrons. The predicted octanol–water partition coefficient (Wildman–Crippen LogP) is 1.24. The van der Waals surface area contributed by atoms with Crippen LogP contribution in [0.25, 0.3) is 0 Å². The summed E-state index contributed by atoms with van der Waals surface area (Å²) >= 11 is 0. The van der Waals surface area contributed by atoms with Gasteiger partial charge < -0.3 is 4.90 Å². The Morgan fingerprint density at radius 1 is 1.06 bits per heavy atom. The lowest BCUT2D eigenvalue weighted by Crippen LogP contribution is -2.46. The highest BCUT2D eigenvalue weighted by Gasteiger charge is 2.28. The summed E-state index contributed by atoms with van der Waals surface area (Å²) in [4.78, 5) is 24.9. The minimum Gasteiger partial charge on any atom is -0.364 e. The molecular formula is C14H13NO2. The second kappa shape index (κ2) is 3.84. The van der Waals surface area contributed by atoms with Gasteiger partial charge in [0.25, 0.3) is 0 Å². The molecule has 2 aromatic carbocycles. The Labute approximate surface area is 99.0 Å². The van der Waals surface area contributed by atoms with Crippen LogP contribution in [0, 0.1) is 0 Å². The van der Waals surface area contributed by atoms with E-state index in [0.29, 0.717) is 5.69 Å². The van der Waals surface area contributed by atoms with E-state index in [2.05, 4.69) is 0 Å². The van der Waals surface area contributed by atoms with Crippen molar-refractivity contribution < 1.29 is 0 Å². The monoisotopic (exact) mass is 227 g/mol. The summed E-state index contributed by atoms with van der Waals surface area (Å²) in [5.41, 5.74) is 2.03. The maximum atomic E-state index is 11.5. The van der Waals surface area contributed by atoms with E-state index in [1.54, 1.807) is 0 Å². The smallest absolute Gasteiger partial charge is 0.249 e. The molecule has 1 heterocycles. The van der Waals surface area contributed by atoms with Gasteiger partial charge in [-0.3, -0.25) is 9.59 Å². The Kier molecular flexibility index (Phi) is 2.32. The van der Waals surface area contributed by atoms with Gasteiger partial charge in [-0.15, -0.1) is 0 Å². The second-order valence-corrected chi connectivity index (χ2v) is 4.50. The highest BCUT2D eigenvalue weighted by atomic mass is 16.2. The van der Waals surface area contributed by atoms with Gasteiger partial charge in [-0.05, 0) is 18.4 Å². The fraction of sp³-hybridized carbons (Fsp3) is 0.286. The van der Waals surface area contributed by atoms with Gasteiger partial charge in [-0.1, -0.05) is 30.3 Å². The van der Waals surface area contributed by atoms with Crippen molar-refractivity contribution in [3.63, 3.8) is 0 Å². The number of nitrogens with zero attached hydrogens (tertiary/aromatic N) is 1. The highest BCUT2D eigenvalue weighted by Crippen LogP contribution is 2.23. The summed E-state index contributed by atoms with van der Waals surface area (Å²) < 4.78 is 0. The van der Waals surface area contributed by atoms with Crippen molar-refractivity contribution >= 4 is 5.69 Å². The molecule has 3 heteroatoms. The van der Waals surface area contributed by atoms with Crippen LogP contribution in [0.3, 0.4) is 0 Å². The van der Waals surface area contributed by atoms with Gasteiger partial charge in [0.2, 0.25) is 10.9 Å². The van der Waals surface area contributed by atoms with Gasteiger partial charge in [-0.25, -0.2) is 0 Å². The van der Waals surface area contributed by atoms with E-state index >= 15 is 0 Å². The molecule has 0 saturated heterocycles.